The van der Waals surface area contributed by atoms with Gasteiger partial charge in [-0.3, -0.25) is 23.7 Å². The number of methoxy groups -OCH3 is 1. The van der Waals surface area contributed by atoms with Crippen molar-refractivity contribution in [1.29, 1.82) is 0 Å². The van der Waals surface area contributed by atoms with Gasteiger partial charge in [0.05, 0.1) is 13.7 Å². The van der Waals surface area contributed by atoms with Gasteiger partial charge in [-0.1, -0.05) is 30.3 Å². The summed E-state index contributed by atoms with van der Waals surface area (Å²) in [5.41, 5.74) is 2.92. The van der Waals surface area contributed by atoms with Crippen molar-refractivity contribution in [2.75, 3.05) is 19.5 Å². The zero-order valence-electron chi connectivity index (χ0n) is 17.8. The van der Waals surface area contributed by atoms with E-state index >= 15 is 0 Å². The van der Waals surface area contributed by atoms with E-state index in [-0.39, 0.29) is 13.0 Å². The van der Waals surface area contributed by atoms with E-state index in [1.165, 1.54) is 6.92 Å². The normalized spacial score (nSPS) is 18.4. The molecule has 2 N–H and O–H groups in total. The largest absolute Gasteiger partial charge is 0.468 e. The zero-order valence-corrected chi connectivity index (χ0v) is 19.3. The molecule has 0 radical (unpaired) electrons. The second kappa shape index (κ2) is 9.03. The van der Waals surface area contributed by atoms with Crippen LogP contribution < -0.4 is 17.0 Å². The van der Waals surface area contributed by atoms with Crippen LogP contribution in [0.3, 0.4) is 0 Å². The molecular weight excluding hydrogens is 477 g/mol. The van der Waals surface area contributed by atoms with E-state index in [0.717, 1.165) is 11.7 Å². The Hall–Kier alpha value is -3.11. The van der Waals surface area contributed by atoms with Crippen LogP contribution in [-0.2, 0) is 32.2 Å². The third kappa shape index (κ3) is 4.67. The van der Waals surface area contributed by atoms with Gasteiger partial charge >= 0.3 is 17.6 Å². The highest BCUT2D eigenvalue weighted by Crippen LogP contribution is 2.64. The maximum absolute atomic E-state index is 12.9. The molecule has 3 rings (SSSR count). The number of ether oxygens (including phenoxy) is 2. The van der Waals surface area contributed by atoms with E-state index in [2.05, 4.69) is 4.74 Å². The molecule has 1 aromatic heterocycles. The number of nitrogens with two attached hydrogens (primary N) is 1. The molecule has 0 amide bonds. The molecule has 2 aromatic rings. The molecule has 1 atom stereocenters. The summed E-state index contributed by atoms with van der Waals surface area (Å²) in [5, 5.41) is 0. The monoisotopic (exact) mass is 497 g/mol. The molecule has 1 fully saturated rings. The van der Waals surface area contributed by atoms with Crippen molar-refractivity contribution < 1.29 is 23.9 Å². The van der Waals surface area contributed by atoms with Crippen molar-refractivity contribution in [2.24, 2.45) is 5.41 Å². The highest BCUT2D eigenvalue weighted by Gasteiger charge is 2.69. The lowest BCUT2D eigenvalue weighted by Crippen LogP contribution is -2.46. The van der Waals surface area contributed by atoms with Gasteiger partial charge in [-0.05, 0) is 12.5 Å². The van der Waals surface area contributed by atoms with Gasteiger partial charge in [0.2, 0.25) is 5.78 Å². The number of hydrogen-bond donors (Lipinski definition) is 1. The van der Waals surface area contributed by atoms with E-state index in [4.69, 9.17) is 33.7 Å². The number of anilines is 1. The molecule has 0 saturated heterocycles. The molecular formula is C21H21Cl2N3O7. The summed E-state index contributed by atoms with van der Waals surface area (Å²) in [6.07, 6.45) is 0.145. The van der Waals surface area contributed by atoms with Crippen LogP contribution >= 0.6 is 23.2 Å². The predicted molar refractivity (Wildman–Crippen MR) is 119 cm³/mol. The fraction of sp³-hybridized carbons (Fsp3) is 0.381. The zero-order chi connectivity index (χ0) is 24.6. The molecule has 0 spiro atoms. The number of Topliss-reactive ketones (excluding diaryl/α,β-unsaturated/α-hetero) is 1. The first-order chi connectivity index (χ1) is 15.4. The average molecular weight is 498 g/mol. The molecule has 10 nitrogen and oxygen atoms in total. The quantitative estimate of drug-likeness (QED) is 0.325. The Labute approximate surface area is 197 Å². The molecule has 1 aliphatic rings. The number of rotatable bonds is 8. The number of esters is 2. The van der Waals surface area contributed by atoms with Gasteiger partial charge in [0, 0.05) is 6.42 Å². The minimum Gasteiger partial charge on any atom is -0.468 e. The number of carbonyl (C=O) groups excluding carboxylic acids is 3. The van der Waals surface area contributed by atoms with Gasteiger partial charge in [0.1, 0.15) is 27.7 Å². The number of ketones is 1. The van der Waals surface area contributed by atoms with Crippen LogP contribution in [-0.4, -0.2) is 44.9 Å². The summed E-state index contributed by atoms with van der Waals surface area (Å²) in [4.78, 5) is 62.8. The van der Waals surface area contributed by atoms with Crippen molar-refractivity contribution in [1.82, 2.24) is 9.13 Å². The van der Waals surface area contributed by atoms with E-state index < -0.39 is 63.3 Å². The van der Waals surface area contributed by atoms with Crippen molar-refractivity contribution in [3.05, 3.63) is 62.3 Å². The molecule has 33 heavy (non-hydrogen) atoms. The van der Waals surface area contributed by atoms with Crippen molar-refractivity contribution >= 4 is 46.7 Å². The van der Waals surface area contributed by atoms with Gasteiger partial charge < -0.3 is 15.2 Å². The Morgan fingerprint density at radius 2 is 1.73 bits per heavy atom. The first kappa shape index (κ1) is 24.5. The molecule has 1 aromatic carbocycles. The number of benzene rings is 1. The van der Waals surface area contributed by atoms with Crippen LogP contribution in [0.15, 0.2) is 39.9 Å². The predicted octanol–water partition coefficient (Wildman–Crippen LogP) is 1.12. The maximum atomic E-state index is 12.9. The fourth-order valence-corrected chi connectivity index (χ4v) is 3.90. The standard InChI is InChI=1S/C21H21Cl2N3O7/c1-20(11-21(20,22)23)18(30)33-10-13(27)15-16(24)25(8-12-6-4-3-5-7-12)19(31)26(17(15)29)9-14(28)32-2/h3-7H,8-11,24H2,1-2H3/t20-/m0/s1. The highest BCUT2D eigenvalue weighted by molar-refractivity contribution is 6.53. The van der Waals surface area contributed by atoms with Gasteiger partial charge in [-0.15, -0.1) is 23.2 Å². The van der Waals surface area contributed by atoms with Crippen LogP contribution in [0.5, 0.6) is 0 Å². The van der Waals surface area contributed by atoms with Crippen LogP contribution in [0.1, 0.15) is 29.3 Å². The third-order valence-corrected chi connectivity index (χ3v) is 6.59. The van der Waals surface area contributed by atoms with E-state index in [1.807, 2.05) is 0 Å². The van der Waals surface area contributed by atoms with Gasteiger partial charge in [-0.25, -0.2) is 9.36 Å². The second-order valence-corrected chi connectivity index (χ2v) is 9.28. The van der Waals surface area contributed by atoms with E-state index in [9.17, 15) is 24.0 Å². The van der Waals surface area contributed by atoms with Crippen molar-refractivity contribution in [3.63, 3.8) is 0 Å². The summed E-state index contributed by atoms with van der Waals surface area (Å²) >= 11 is 11.9. The van der Waals surface area contributed by atoms with Crippen molar-refractivity contribution in [2.45, 2.75) is 30.8 Å². The highest BCUT2D eigenvalue weighted by atomic mass is 35.5. The van der Waals surface area contributed by atoms with Gasteiger partial charge in [-0.2, -0.15) is 0 Å². The number of alkyl halides is 2. The number of nitrogen functional groups attached to an aromatic ring is 1. The van der Waals surface area contributed by atoms with Crippen LogP contribution in [0.4, 0.5) is 5.82 Å². The number of aromatic nitrogens is 2. The topological polar surface area (TPSA) is 140 Å². The average Bonchev–Trinajstić information content (AvgIpc) is 3.31. The van der Waals surface area contributed by atoms with Gasteiger partial charge in [0.25, 0.3) is 5.56 Å². The fourth-order valence-electron chi connectivity index (χ4n) is 3.21. The summed E-state index contributed by atoms with van der Waals surface area (Å²) in [7, 11) is 1.09. The SMILES string of the molecule is COC(=O)Cn1c(=O)c(C(=O)COC(=O)[C@]2(C)CC2(Cl)Cl)c(N)n(Cc2ccccc2)c1=O. The smallest absolute Gasteiger partial charge is 0.333 e. The lowest BCUT2D eigenvalue weighted by Gasteiger charge is -2.16. The van der Waals surface area contributed by atoms with Crippen LogP contribution in [0.2, 0.25) is 0 Å². The Kier molecular flexibility index (Phi) is 6.71. The Balaban J connectivity index is 1.99. The number of halogens is 2. The molecule has 0 unspecified atom stereocenters. The number of hydrogen-bond acceptors (Lipinski definition) is 8. The minimum atomic E-state index is -1.30. The second-order valence-electron chi connectivity index (χ2n) is 7.79. The number of nitrogens with zero attached hydrogens (tertiary/aromatic N) is 2. The van der Waals surface area contributed by atoms with Crippen LogP contribution in [0, 0.1) is 5.41 Å². The minimum absolute atomic E-state index is 0.0773. The first-order valence-electron chi connectivity index (χ1n) is 9.75. The molecule has 0 aliphatic heterocycles. The van der Waals surface area contributed by atoms with Crippen molar-refractivity contribution in [3.8, 4) is 0 Å². The number of carbonyl (C=O) groups is 3. The molecule has 1 aliphatic carbocycles. The summed E-state index contributed by atoms with van der Waals surface area (Å²) < 4.78 is 9.79. The molecule has 1 saturated carbocycles. The maximum Gasteiger partial charge on any atom is 0.333 e. The summed E-state index contributed by atoms with van der Waals surface area (Å²) in [5.74, 6) is -3.06. The summed E-state index contributed by atoms with van der Waals surface area (Å²) in [6.45, 7) is -0.161. The van der Waals surface area contributed by atoms with Crippen LogP contribution in [0.25, 0.3) is 0 Å². The molecule has 1 heterocycles. The Bertz CT molecular complexity index is 1240. The van der Waals surface area contributed by atoms with Gasteiger partial charge in [0.15, 0.2) is 6.61 Å². The Morgan fingerprint density at radius 3 is 2.27 bits per heavy atom. The first-order valence-corrected chi connectivity index (χ1v) is 10.5. The lowest BCUT2D eigenvalue weighted by molar-refractivity contribution is -0.148. The molecule has 0 bridgehead atoms. The van der Waals surface area contributed by atoms with E-state index in [1.54, 1.807) is 30.3 Å². The third-order valence-electron chi connectivity index (χ3n) is 5.49. The Morgan fingerprint density at radius 1 is 1.12 bits per heavy atom. The lowest BCUT2D eigenvalue weighted by atomic mass is 10.1. The molecule has 176 valence electrons. The van der Waals surface area contributed by atoms with E-state index in [0.29, 0.717) is 10.1 Å². The molecule has 12 heteroatoms. The summed E-state index contributed by atoms with van der Waals surface area (Å²) in [6, 6.07) is 8.67.